The number of rotatable bonds is 9. The second-order valence-electron chi connectivity index (χ2n) is 8.13. The van der Waals surface area contributed by atoms with Crippen molar-refractivity contribution in [2.45, 2.75) is 6.42 Å². The van der Waals surface area contributed by atoms with E-state index in [0.717, 1.165) is 5.56 Å². The number of anilines is 1. The smallest absolute Gasteiger partial charge is 0.315 e. The number of esters is 1. The van der Waals surface area contributed by atoms with Crippen molar-refractivity contribution in [1.29, 1.82) is 0 Å². The summed E-state index contributed by atoms with van der Waals surface area (Å²) >= 11 is 0. The lowest BCUT2D eigenvalue weighted by Crippen LogP contribution is -2.18. The predicted molar refractivity (Wildman–Crippen MR) is 145 cm³/mol. The van der Waals surface area contributed by atoms with Gasteiger partial charge in [0.15, 0.2) is 0 Å². The Morgan fingerprint density at radius 1 is 0.763 bits per heavy atom. The van der Waals surface area contributed by atoms with Crippen molar-refractivity contribution < 1.29 is 23.9 Å². The number of nitrogens with one attached hydrogen (secondary N) is 2. The number of ether oxygens (including phenoxy) is 2. The van der Waals surface area contributed by atoms with Gasteiger partial charge in [-0.25, -0.2) is 5.43 Å². The van der Waals surface area contributed by atoms with Crippen molar-refractivity contribution in [3.05, 3.63) is 125 Å². The predicted octanol–water partition coefficient (Wildman–Crippen LogP) is 4.86. The van der Waals surface area contributed by atoms with Crippen molar-refractivity contribution in [1.82, 2.24) is 5.43 Å². The van der Waals surface area contributed by atoms with E-state index in [0.29, 0.717) is 33.9 Å². The summed E-state index contributed by atoms with van der Waals surface area (Å²) in [5.74, 6) is -0.124. The van der Waals surface area contributed by atoms with Crippen LogP contribution in [0.3, 0.4) is 0 Å². The summed E-state index contributed by atoms with van der Waals surface area (Å²) in [6.07, 6.45) is 1.55. The number of hydrogen-bond acceptors (Lipinski definition) is 6. The normalized spacial score (nSPS) is 10.6. The van der Waals surface area contributed by atoms with Crippen LogP contribution in [-0.2, 0) is 11.2 Å². The van der Waals surface area contributed by atoms with Crippen LogP contribution in [0.2, 0.25) is 0 Å². The van der Waals surface area contributed by atoms with Crippen molar-refractivity contribution in [3.8, 4) is 11.5 Å². The van der Waals surface area contributed by atoms with Gasteiger partial charge in [-0.15, -0.1) is 0 Å². The van der Waals surface area contributed by atoms with Gasteiger partial charge in [-0.2, -0.15) is 5.10 Å². The minimum atomic E-state index is -0.437. The van der Waals surface area contributed by atoms with Gasteiger partial charge in [-0.3, -0.25) is 14.4 Å². The van der Waals surface area contributed by atoms with Crippen LogP contribution in [0.25, 0.3) is 0 Å². The second-order valence-corrected chi connectivity index (χ2v) is 8.13. The first-order chi connectivity index (χ1) is 18.5. The minimum Gasteiger partial charge on any atom is -0.497 e. The summed E-state index contributed by atoms with van der Waals surface area (Å²) in [4.78, 5) is 37.3. The Labute approximate surface area is 219 Å². The maximum absolute atomic E-state index is 12.5. The summed E-state index contributed by atoms with van der Waals surface area (Å²) in [6.45, 7) is 0. The van der Waals surface area contributed by atoms with Crippen molar-refractivity contribution in [3.63, 3.8) is 0 Å². The monoisotopic (exact) mass is 507 g/mol. The van der Waals surface area contributed by atoms with Crippen LogP contribution in [0.1, 0.15) is 31.8 Å². The van der Waals surface area contributed by atoms with Gasteiger partial charge in [-0.05, 0) is 66.2 Å². The Morgan fingerprint density at radius 3 is 2.11 bits per heavy atom. The number of para-hydroxylation sites is 1. The molecule has 0 bridgehead atoms. The Balaban J connectivity index is 1.32. The van der Waals surface area contributed by atoms with Gasteiger partial charge in [0.2, 0.25) is 0 Å². The van der Waals surface area contributed by atoms with Crippen LogP contribution >= 0.6 is 0 Å². The number of amides is 2. The van der Waals surface area contributed by atoms with Crippen LogP contribution in [-0.4, -0.2) is 31.1 Å². The first-order valence-electron chi connectivity index (χ1n) is 11.7. The highest BCUT2D eigenvalue weighted by Gasteiger charge is 2.10. The molecule has 0 radical (unpaired) electrons. The number of nitrogens with zero attached hydrogens (tertiary/aromatic N) is 1. The second kappa shape index (κ2) is 12.6. The van der Waals surface area contributed by atoms with Gasteiger partial charge < -0.3 is 14.8 Å². The molecule has 0 saturated carbocycles. The van der Waals surface area contributed by atoms with Crippen molar-refractivity contribution in [2.24, 2.45) is 5.10 Å². The molecule has 0 spiro atoms. The molecule has 0 aliphatic rings. The average Bonchev–Trinajstić information content (AvgIpc) is 2.95. The third kappa shape index (κ3) is 7.14. The summed E-state index contributed by atoms with van der Waals surface area (Å²) < 4.78 is 10.6. The Kier molecular flexibility index (Phi) is 8.60. The molecular weight excluding hydrogens is 482 g/mol. The lowest BCUT2D eigenvalue weighted by molar-refractivity contribution is -0.133. The Morgan fingerprint density at radius 2 is 1.39 bits per heavy atom. The van der Waals surface area contributed by atoms with E-state index in [4.69, 9.17) is 9.47 Å². The highest BCUT2D eigenvalue weighted by Crippen LogP contribution is 2.17. The average molecular weight is 508 g/mol. The maximum atomic E-state index is 12.5. The zero-order valence-electron chi connectivity index (χ0n) is 20.6. The number of hydrogen-bond donors (Lipinski definition) is 2. The summed E-state index contributed by atoms with van der Waals surface area (Å²) in [7, 11) is 1.56. The Hall–Kier alpha value is -5.24. The van der Waals surface area contributed by atoms with Crippen LogP contribution in [0.15, 0.2) is 108 Å². The van der Waals surface area contributed by atoms with Crippen LogP contribution < -0.4 is 20.2 Å². The topological polar surface area (TPSA) is 106 Å². The molecule has 4 rings (SSSR count). The van der Waals surface area contributed by atoms with Gasteiger partial charge in [0, 0.05) is 22.4 Å². The quantitative estimate of drug-likeness (QED) is 0.146. The summed E-state index contributed by atoms with van der Waals surface area (Å²) in [5, 5.41) is 6.78. The molecule has 2 amide bonds. The summed E-state index contributed by atoms with van der Waals surface area (Å²) in [5.41, 5.74) is 5.21. The molecule has 0 fully saturated rings. The highest BCUT2D eigenvalue weighted by molar-refractivity contribution is 6.04. The third-order valence-electron chi connectivity index (χ3n) is 5.46. The molecule has 0 aromatic heterocycles. The molecule has 4 aromatic carbocycles. The van der Waals surface area contributed by atoms with Crippen molar-refractivity contribution in [2.75, 3.05) is 12.4 Å². The number of benzene rings is 4. The van der Waals surface area contributed by atoms with Gasteiger partial charge in [0.1, 0.15) is 11.5 Å². The van der Waals surface area contributed by atoms with Gasteiger partial charge in [0.05, 0.1) is 19.7 Å². The standard InChI is InChI=1S/C30H25N3O5/c1-37-26-17-13-22(14-18-26)29(35)32-25-15-11-23(12-16-25)30(36)33-31-20-24-9-5-6-10-27(24)38-28(34)19-21-7-3-2-4-8-21/h2-18,20H,19H2,1H3,(H,32,35)(H,33,36)/b31-20-. The zero-order chi connectivity index (χ0) is 26.7. The zero-order valence-corrected chi connectivity index (χ0v) is 20.6. The molecular formula is C30H25N3O5. The number of carbonyl (C=O) groups is 3. The molecule has 0 aliphatic heterocycles. The third-order valence-corrected chi connectivity index (χ3v) is 5.46. The molecule has 0 saturated heterocycles. The highest BCUT2D eigenvalue weighted by atomic mass is 16.5. The van der Waals surface area contributed by atoms with Gasteiger partial charge in [-0.1, -0.05) is 42.5 Å². The molecule has 8 heteroatoms. The van der Waals surface area contributed by atoms with Gasteiger partial charge >= 0.3 is 5.97 Å². The molecule has 0 aliphatic carbocycles. The number of methoxy groups -OCH3 is 1. The molecule has 4 aromatic rings. The number of carbonyl (C=O) groups excluding carboxylic acids is 3. The minimum absolute atomic E-state index is 0.138. The van der Waals surface area contributed by atoms with Gasteiger partial charge in [0.25, 0.3) is 11.8 Å². The van der Waals surface area contributed by atoms with Crippen LogP contribution in [0.4, 0.5) is 5.69 Å². The Bertz CT molecular complexity index is 1430. The molecule has 8 nitrogen and oxygen atoms in total. The van der Waals surface area contributed by atoms with Crippen LogP contribution in [0, 0.1) is 0 Å². The van der Waals surface area contributed by atoms with Crippen molar-refractivity contribution >= 4 is 29.7 Å². The SMILES string of the molecule is COc1ccc(C(=O)Nc2ccc(C(=O)N/N=C\c3ccccc3OC(=O)Cc3ccccc3)cc2)cc1. The molecule has 2 N–H and O–H groups in total. The molecule has 190 valence electrons. The van der Waals surface area contributed by atoms with Crippen LogP contribution in [0.5, 0.6) is 11.5 Å². The van der Waals surface area contributed by atoms with E-state index in [9.17, 15) is 14.4 Å². The summed E-state index contributed by atoms with van der Waals surface area (Å²) in [6, 6.07) is 29.3. The van der Waals surface area contributed by atoms with E-state index in [-0.39, 0.29) is 12.3 Å². The number of hydrazone groups is 1. The largest absolute Gasteiger partial charge is 0.497 e. The van der Waals surface area contributed by atoms with E-state index >= 15 is 0 Å². The fourth-order valence-electron chi connectivity index (χ4n) is 3.48. The molecule has 0 unspecified atom stereocenters. The fraction of sp³-hybridized carbons (Fsp3) is 0.0667. The van der Waals surface area contributed by atoms with E-state index in [1.165, 1.54) is 6.21 Å². The lowest BCUT2D eigenvalue weighted by Gasteiger charge is -2.08. The van der Waals surface area contributed by atoms with E-state index in [2.05, 4.69) is 15.8 Å². The maximum Gasteiger partial charge on any atom is 0.315 e. The fourth-order valence-corrected chi connectivity index (χ4v) is 3.48. The van der Waals surface area contributed by atoms with E-state index in [1.807, 2.05) is 30.3 Å². The van der Waals surface area contributed by atoms with E-state index in [1.54, 1.807) is 79.9 Å². The molecule has 0 atom stereocenters. The molecule has 0 heterocycles. The van der Waals surface area contributed by atoms with E-state index < -0.39 is 11.9 Å². The first kappa shape index (κ1) is 25.8. The lowest BCUT2D eigenvalue weighted by atomic mass is 10.1. The molecule has 38 heavy (non-hydrogen) atoms. The first-order valence-corrected chi connectivity index (χ1v) is 11.7.